The average Bonchev–Trinajstić information content (AvgIpc) is 2.83. The lowest BCUT2D eigenvalue weighted by atomic mass is 10.3. The van der Waals surface area contributed by atoms with E-state index in [-0.39, 0.29) is 0 Å². The van der Waals surface area contributed by atoms with Crippen LogP contribution >= 0.6 is 11.3 Å². The summed E-state index contributed by atoms with van der Waals surface area (Å²) in [6.07, 6.45) is 0. The Hall–Kier alpha value is -1.39. The molecule has 0 saturated carbocycles. The molecule has 0 saturated heterocycles. The number of thiophene rings is 1. The first kappa shape index (κ1) is 12.1. The van der Waals surface area contributed by atoms with E-state index in [9.17, 15) is 0 Å². The van der Waals surface area contributed by atoms with Crippen molar-refractivity contribution in [3.8, 4) is 0 Å². The van der Waals surface area contributed by atoms with Gasteiger partial charge in [0.15, 0.2) is 0 Å². The van der Waals surface area contributed by atoms with Crippen LogP contribution in [0.1, 0.15) is 11.3 Å². The lowest BCUT2D eigenvalue weighted by Gasteiger charge is -2.18. The Morgan fingerprint density at radius 2 is 2.24 bits per heavy atom. The molecule has 3 nitrogen and oxygen atoms in total. The second kappa shape index (κ2) is 5.80. The van der Waals surface area contributed by atoms with Crippen LogP contribution in [0.3, 0.4) is 0 Å². The van der Waals surface area contributed by atoms with Crippen molar-refractivity contribution in [1.82, 2.24) is 10.3 Å². The van der Waals surface area contributed by atoms with E-state index < -0.39 is 0 Å². The van der Waals surface area contributed by atoms with Gasteiger partial charge in [-0.05, 0) is 41.6 Å². The molecule has 4 heteroatoms. The largest absolute Gasteiger partial charge is 0.355 e. The van der Waals surface area contributed by atoms with Crippen molar-refractivity contribution in [3.05, 3.63) is 46.3 Å². The van der Waals surface area contributed by atoms with E-state index in [2.05, 4.69) is 45.1 Å². The molecule has 0 aliphatic rings. The van der Waals surface area contributed by atoms with Crippen LogP contribution in [0.4, 0.5) is 5.82 Å². The zero-order chi connectivity index (χ0) is 12.1. The summed E-state index contributed by atoms with van der Waals surface area (Å²) in [5.41, 5.74) is 2.40. The molecular formula is C13H17N3S. The molecule has 2 rings (SSSR count). The van der Waals surface area contributed by atoms with Crippen LogP contribution < -0.4 is 10.2 Å². The van der Waals surface area contributed by atoms with Gasteiger partial charge in [-0.2, -0.15) is 11.3 Å². The summed E-state index contributed by atoms with van der Waals surface area (Å²) in [5.74, 6) is 1.02. The lowest BCUT2D eigenvalue weighted by Crippen LogP contribution is -2.18. The highest BCUT2D eigenvalue weighted by atomic mass is 32.1. The third-order valence-electron chi connectivity index (χ3n) is 2.54. The number of nitrogens with one attached hydrogen (secondary N) is 1. The molecule has 0 aromatic carbocycles. The van der Waals surface area contributed by atoms with Gasteiger partial charge in [-0.3, -0.25) is 0 Å². The second-order valence-electron chi connectivity index (χ2n) is 4.01. The predicted molar refractivity (Wildman–Crippen MR) is 73.4 cm³/mol. The Labute approximate surface area is 106 Å². The summed E-state index contributed by atoms with van der Waals surface area (Å²) in [6, 6.07) is 8.29. The number of nitrogens with zero attached hydrogens (tertiary/aromatic N) is 2. The molecule has 0 fully saturated rings. The van der Waals surface area contributed by atoms with Gasteiger partial charge in [0, 0.05) is 20.1 Å². The van der Waals surface area contributed by atoms with Gasteiger partial charge in [-0.15, -0.1) is 0 Å². The molecule has 2 heterocycles. The highest BCUT2D eigenvalue weighted by Gasteiger charge is 2.04. The normalized spacial score (nSPS) is 10.5. The van der Waals surface area contributed by atoms with Crippen molar-refractivity contribution in [3.63, 3.8) is 0 Å². The first-order chi connectivity index (χ1) is 8.29. The van der Waals surface area contributed by atoms with Gasteiger partial charge < -0.3 is 10.2 Å². The standard InChI is InChI=1S/C13H17N3S/c1-14-8-12-4-3-5-13(15-12)16(2)9-11-6-7-17-10-11/h3-7,10,14H,8-9H2,1-2H3. The minimum Gasteiger partial charge on any atom is -0.355 e. The van der Waals surface area contributed by atoms with E-state index >= 15 is 0 Å². The van der Waals surface area contributed by atoms with Crippen molar-refractivity contribution in [2.75, 3.05) is 19.0 Å². The van der Waals surface area contributed by atoms with Crippen LogP contribution in [0.5, 0.6) is 0 Å². The van der Waals surface area contributed by atoms with E-state index in [4.69, 9.17) is 0 Å². The molecule has 0 atom stereocenters. The van der Waals surface area contributed by atoms with Gasteiger partial charge in [0.2, 0.25) is 0 Å². The molecule has 0 spiro atoms. The first-order valence-electron chi connectivity index (χ1n) is 5.62. The lowest BCUT2D eigenvalue weighted by molar-refractivity contribution is 0.783. The Kier molecular flexibility index (Phi) is 4.12. The molecule has 0 aliphatic carbocycles. The van der Waals surface area contributed by atoms with E-state index in [1.165, 1.54) is 5.56 Å². The van der Waals surface area contributed by atoms with Gasteiger partial charge in [0.25, 0.3) is 0 Å². The monoisotopic (exact) mass is 247 g/mol. The fraction of sp³-hybridized carbons (Fsp3) is 0.308. The maximum absolute atomic E-state index is 4.61. The zero-order valence-electron chi connectivity index (χ0n) is 10.2. The van der Waals surface area contributed by atoms with Gasteiger partial charge in [0.1, 0.15) is 5.82 Å². The van der Waals surface area contributed by atoms with Gasteiger partial charge in [0.05, 0.1) is 5.69 Å². The predicted octanol–water partition coefficient (Wildman–Crippen LogP) is 2.50. The average molecular weight is 247 g/mol. The van der Waals surface area contributed by atoms with E-state index in [1.54, 1.807) is 11.3 Å². The molecule has 2 aromatic heterocycles. The van der Waals surface area contributed by atoms with Crippen LogP contribution in [-0.2, 0) is 13.1 Å². The number of anilines is 1. The topological polar surface area (TPSA) is 28.2 Å². The Morgan fingerprint density at radius 3 is 2.94 bits per heavy atom. The fourth-order valence-corrected chi connectivity index (χ4v) is 2.36. The third kappa shape index (κ3) is 3.28. The van der Waals surface area contributed by atoms with Crippen molar-refractivity contribution in [1.29, 1.82) is 0 Å². The van der Waals surface area contributed by atoms with Crippen molar-refractivity contribution in [2.24, 2.45) is 0 Å². The number of hydrogen-bond donors (Lipinski definition) is 1. The van der Waals surface area contributed by atoms with Crippen LogP contribution in [0.2, 0.25) is 0 Å². The van der Waals surface area contributed by atoms with Crippen molar-refractivity contribution >= 4 is 17.2 Å². The Morgan fingerprint density at radius 1 is 1.35 bits per heavy atom. The van der Waals surface area contributed by atoms with Crippen molar-refractivity contribution in [2.45, 2.75) is 13.1 Å². The van der Waals surface area contributed by atoms with Crippen LogP contribution in [0.25, 0.3) is 0 Å². The molecule has 0 bridgehead atoms. The number of rotatable bonds is 5. The van der Waals surface area contributed by atoms with Gasteiger partial charge >= 0.3 is 0 Å². The summed E-state index contributed by atoms with van der Waals surface area (Å²) >= 11 is 1.73. The molecule has 0 unspecified atom stereocenters. The number of hydrogen-bond acceptors (Lipinski definition) is 4. The third-order valence-corrected chi connectivity index (χ3v) is 3.27. The highest BCUT2D eigenvalue weighted by Crippen LogP contribution is 2.15. The molecule has 0 radical (unpaired) electrons. The quantitative estimate of drug-likeness (QED) is 0.880. The van der Waals surface area contributed by atoms with Crippen LogP contribution in [-0.4, -0.2) is 19.1 Å². The van der Waals surface area contributed by atoms with Crippen LogP contribution in [0.15, 0.2) is 35.0 Å². The first-order valence-corrected chi connectivity index (χ1v) is 6.56. The zero-order valence-corrected chi connectivity index (χ0v) is 11.0. The number of pyridine rings is 1. The van der Waals surface area contributed by atoms with Crippen molar-refractivity contribution < 1.29 is 0 Å². The van der Waals surface area contributed by atoms with E-state index in [0.717, 1.165) is 24.6 Å². The Balaban J connectivity index is 2.07. The van der Waals surface area contributed by atoms with Gasteiger partial charge in [-0.25, -0.2) is 4.98 Å². The highest BCUT2D eigenvalue weighted by molar-refractivity contribution is 7.07. The second-order valence-corrected chi connectivity index (χ2v) is 4.79. The summed E-state index contributed by atoms with van der Waals surface area (Å²) < 4.78 is 0. The smallest absolute Gasteiger partial charge is 0.128 e. The SMILES string of the molecule is CNCc1cccc(N(C)Cc2ccsc2)n1. The molecule has 0 amide bonds. The van der Waals surface area contributed by atoms with E-state index in [0.29, 0.717) is 0 Å². The Bertz CT molecular complexity index is 453. The van der Waals surface area contributed by atoms with Crippen LogP contribution in [0, 0.1) is 0 Å². The number of aromatic nitrogens is 1. The molecule has 17 heavy (non-hydrogen) atoms. The fourth-order valence-electron chi connectivity index (χ4n) is 1.70. The van der Waals surface area contributed by atoms with E-state index in [1.807, 2.05) is 19.2 Å². The molecular weight excluding hydrogens is 230 g/mol. The minimum absolute atomic E-state index is 0.806. The summed E-state index contributed by atoms with van der Waals surface area (Å²) in [5, 5.41) is 7.40. The molecule has 90 valence electrons. The molecule has 1 N–H and O–H groups in total. The molecule has 2 aromatic rings. The molecule has 0 aliphatic heterocycles. The minimum atomic E-state index is 0.806. The maximum atomic E-state index is 4.61. The summed E-state index contributed by atoms with van der Waals surface area (Å²) in [6.45, 7) is 1.71. The van der Waals surface area contributed by atoms with Gasteiger partial charge in [-0.1, -0.05) is 6.07 Å². The summed E-state index contributed by atoms with van der Waals surface area (Å²) in [4.78, 5) is 6.78. The maximum Gasteiger partial charge on any atom is 0.128 e. The summed E-state index contributed by atoms with van der Waals surface area (Å²) in [7, 11) is 4.01.